The fourth-order valence-corrected chi connectivity index (χ4v) is 1.80. The highest BCUT2D eigenvalue weighted by atomic mass is 79.9. The van der Waals surface area contributed by atoms with E-state index in [1.54, 1.807) is 0 Å². The zero-order chi connectivity index (χ0) is 13.0. The molecule has 0 aliphatic heterocycles. The predicted molar refractivity (Wildman–Crippen MR) is 74.3 cm³/mol. The minimum atomic E-state index is 0.471. The number of nitrogens with zero attached hydrogens (tertiary/aromatic N) is 2. The number of nitrogens with one attached hydrogen (secondary N) is 1. The maximum atomic E-state index is 5.61. The van der Waals surface area contributed by atoms with Crippen LogP contribution in [0.2, 0.25) is 0 Å². The number of halogens is 1. The summed E-state index contributed by atoms with van der Waals surface area (Å²) >= 11 is 3.40. The molecule has 0 aliphatic carbocycles. The van der Waals surface area contributed by atoms with Gasteiger partial charge < -0.3 is 9.73 Å². The normalized spacial score (nSPS) is 11.1. The van der Waals surface area contributed by atoms with Crippen LogP contribution in [-0.2, 0) is 6.42 Å². The first-order chi connectivity index (χ1) is 8.65. The molecule has 0 saturated carbocycles. The summed E-state index contributed by atoms with van der Waals surface area (Å²) in [4.78, 5) is 0. The quantitative estimate of drug-likeness (QED) is 0.922. The third-order valence-electron chi connectivity index (χ3n) is 2.45. The second-order valence-corrected chi connectivity index (χ2v) is 5.28. The largest absolute Gasteiger partial charge is 0.421 e. The lowest BCUT2D eigenvalue weighted by Crippen LogP contribution is -2.25. The number of aromatic nitrogens is 2. The molecule has 1 N–H and O–H groups in total. The van der Waals surface area contributed by atoms with Gasteiger partial charge in [0.25, 0.3) is 0 Å². The van der Waals surface area contributed by atoms with E-state index in [9.17, 15) is 0 Å². The summed E-state index contributed by atoms with van der Waals surface area (Å²) in [5, 5.41) is 11.4. The topological polar surface area (TPSA) is 51.0 Å². The van der Waals surface area contributed by atoms with Crippen LogP contribution in [0.3, 0.4) is 0 Å². The molecule has 0 spiro atoms. The van der Waals surface area contributed by atoms with E-state index in [1.807, 2.05) is 24.3 Å². The van der Waals surface area contributed by atoms with Crippen molar-refractivity contribution in [2.75, 3.05) is 6.54 Å². The lowest BCUT2D eigenvalue weighted by molar-refractivity contribution is 0.484. The first-order valence-corrected chi connectivity index (χ1v) is 6.76. The maximum absolute atomic E-state index is 5.61. The van der Waals surface area contributed by atoms with E-state index in [0.717, 1.165) is 23.0 Å². The van der Waals surface area contributed by atoms with E-state index < -0.39 is 0 Å². The van der Waals surface area contributed by atoms with Crippen LogP contribution in [0, 0.1) is 0 Å². The summed E-state index contributed by atoms with van der Waals surface area (Å²) in [6, 6.07) is 8.29. The summed E-state index contributed by atoms with van der Waals surface area (Å²) in [5.41, 5.74) is 0.939. The Morgan fingerprint density at radius 2 is 1.94 bits per heavy atom. The van der Waals surface area contributed by atoms with Crippen molar-refractivity contribution in [2.45, 2.75) is 26.3 Å². The number of hydrogen-bond donors (Lipinski definition) is 1. The van der Waals surface area contributed by atoms with Crippen molar-refractivity contribution in [3.05, 3.63) is 34.6 Å². The monoisotopic (exact) mass is 309 g/mol. The predicted octanol–water partition coefficient (Wildman–Crippen LogP) is 3.04. The van der Waals surface area contributed by atoms with Crippen LogP contribution < -0.4 is 5.32 Å². The molecular weight excluding hydrogens is 294 g/mol. The fraction of sp³-hybridized carbons (Fsp3) is 0.385. The summed E-state index contributed by atoms with van der Waals surface area (Å²) < 4.78 is 6.65. The van der Waals surface area contributed by atoms with Gasteiger partial charge in [0.2, 0.25) is 11.8 Å². The Labute approximate surface area is 115 Å². The Morgan fingerprint density at radius 3 is 2.61 bits per heavy atom. The Kier molecular flexibility index (Phi) is 4.49. The van der Waals surface area contributed by atoms with Crippen molar-refractivity contribution in [3.63, 3.8) is 0 Å². The summed E-state index contributed by atoms with van der Waals surface area (Å²) in [7, 11) is 0. The van der Waals surface area contributed by atoms with E-state index in [2.05, 4.69) is 45.3 Å². The molecule has 5 heteroatoms. The number of rotatable bonds is 5. The highest BCUT2D eigenvalue weighted by Gasteiger charge is 2.08. The van der Waals surface area contributed by atoms with E-state index in [-0.39, 0.29) is 0 Å². The fourth-order valence-electron chi connectivity index (χ4n) is 1.53. The van der Waals surface area contributed by atoms with Crippen molar-refractivity contribution in [1.29, 1.82) is 0 Å². The molecule has 1 aromatic heterocycles. The summed E-state index contributed by atoms with van der Waals surface area (Å²) in [6.07, 6.45) is 0.752. The Balaban J connectivity index is 1.99. The minimum absolute atomic E-state index is 0.471. The van der Waals surface area contributed by atoms with Gasteiger partial charge in [0.05, 0.1) is 0 Å². The second-order valence-electron chi connectivity index (χ2n) is 4.37. The lowest BCUT2D eigenvalue weighted by Gasteiger charge is -2.04. The molecule has 4 nitrogen and oxygen atoms in total. The van der Waals surface area contributed by atoms with Crippen LogP contribution in [0.4, 0.5) is 0 Å². The average molecular weight is 310 g/mol. The van der Waals surface area contributed by atoms with Gasteiger partial charge in [-0.05, 0) is 24.3 Å². The molecule has 0 atom stereocenters. The third kappa shape index (κ3) is 3.65. The van der Waals surface area contributed by atoms with E-state index >= 15 is 0 Å². The zero-order valence-corrected chi connectivity index (χ0v) is 12.1. The molecule has 0 bridgehead atoms. The van der Waals surface area contributed by atoms with Gasteiger partial charge in [-0.15, -0.1) is 10.2 Å². The maximum Gasteiger partial charge on any atom is 0.247 e. The summed E-state index contributed by atoms with van der Waals surface area (Å²) in [5.74, 6) is 1.24. The lowest BCUT2D eigenvalue weighted by atomic mass is 10.2. The van der Waals surface area contributed by atoms with Gasteiger partial charge in [0.15, 0.2) is 0 Å². The van der Waals surface area contributed by atoms with Gasteiger partial charge in [-0.25, -0.2) is 0 Å². The van der Waals surface area contributed by atoms with Crippen LogP contribution in [0.25, 0.3) is 11.5 Å². The Hall–Kier alpha value is -1.20. The molecule has 1 aromatic carbocycles. The molecular formula is C13H16BrN3O. The van der Waals surface area contributed by atoms with Gasteiger partial charge in [0, 0.05) is 29.0 Å². The first kappa shape index (κ1) is 13.2. The molecule has 96 valence electrons. The van der Waals surface area contributed by atoms with Crippen LogP contribution in [0.15, 0.2) is 33.2 Å². The van der Waals surface area contributed by atoms with Crippen molar-refractivity contribution in [2.24, 2.45) is 0 Å². The SMILES string of the molecule is CC(C)NCCc1nnc(-c2ccc(Br)cc2)o1. The van der Waals surface area contributed by atoms with E-state index in [4.69, 9.17) is 4.42 Å². The molecule has 0 unspecified atom stereocenters. The van der Waals surface area contributed by atoms with Crippen LogP contribution in [0.1, 0.15) is 19.7 Å². The van der Waals surface area contributed by atoms with Crippen LogP contribution in [0.5, 0.6) is 0 Å². The van der Waals surface area contributed by atoms with Gasteiger partial charge in [0.1, 0.15) is 0 Å². The Bertz CT molecular complexity index is 493. The molecule has 2 aromatic rings. The van der Waals surface area contributed by atoms with Gasteiger partial charge in [-0.1, -0.05) is 29.8 Å². The number of benzene rings is 1. The average Bonchev–Trinajstić information content (AvgIpc) is 2.78. The van der Waals surface area contributed by atoms with E-state index in [1.165, 1.54) is 0 Å². The van der Waals surface area contributed by atoms with Crippen molar-refractivity contribution in [3.8, 4) is 11.5 Å². The highest BCUT2D eigenvalue weighted by molar-refractivity contribution is 9.10. The smallest absolute Gasteiger partial charge is 0.247 e. The summed E-state index contributed by atoms with van der Waals surface area (Å²) in [6.45, 7) is 5.07. The molecule has 0 fully saturated rings. The van der Waals surface area contributed by atoms with Crippen molar-refractivity contribution >= 4 is 15.9 Å². The number of hydrogen-bond acceptors (Lipinski definition) is 4. The molecule has 0 radical (unpaired) electrons. The van der Waals surface area contributed by atoms with Crippen molar-refractivity contribution in [1.82, 2.24) is 15.5 Å². The standard InChI is InChI=1S/C13H16BrN3O/c1-9(2)15-8-7-12-16-17-13(18-12)10-3-5-11(14)6-4-10/h3-6,9,15H,7-8H2,1-2H3. The molecule has 0 aliphatic rings. The van der Waals surface area contributed by atoms with Crippen LogP contribution >= 0.6 is 15.9 Å². The second kappa shape index (κ2) is 6.11. The minimum Gasteiger partial charge on any atom is -0.421 e. The van der Waals surface area contributed by atoms with Crippen molar-refractivity contribution < 1.29 is 4.42 Å². The molecule has 18 heavy (non-hydrogen) atoms. The molecule has 0 amide bonds. The van der Waals surface area contributed by atoms with Crippen LogP contribution in [-0.4, -0.2) is 22.8 Å². The molecule has 2 rings (SSSR count). The first-order valence-electron chi connectivity index (χ1n) is 5.97. The third-order valence-corrected chi connectivity index (χ3v) is 2.98. The molecule has 0 saturated heterocycles. The molecule has 1 heterocycles. The van der Waals surface area contributed by atoms with Gasteiger partial charge in [-0.3, -0.25) is 0 Å². The van der Waals surface area contributed by atoms with Gasteiger partial charge >= 0.3 is 0 Å². The zero-order valence-electron chi connectivity index (χ0n) is 10.5. The van der Waals surface area contributed by atoms with Gasteiger partial charge in [-0.2, -0.15) is 0 Å². The highest BCUT2D eigenvalue weighted by Crippen LogP contribution is 2.20. The van der Waals surface area contributed by atoms with E-state index in [0.29, 0.717) is 17.8 Å². The Morgan fingerprint density at radius 1 is 1.22 bits per heavy atom.